The van der Waals surface area contributed by atoms with Gasteiger partial charge in [0.2, 0.25) is 0 Å². The van der Waals surface area contributed by atoms with E-state index >= 15 is 0 Å². The lowest BCUT2D eigenvalue weighted by Crippen LogP contribution is -2.36. The Morgan fingerprint density at radius 2 is 2.24 bits per heavy atom. The SMILES string of the molecule is CCOC(=O)c1cccc(NCC(C)N(C)C2CC2)c1N. The maximum Gasteiger partial charge on any atom is 0.340 e. The molecule has 0 radical (unpaired) electrons. The van der Waals surface area contributed by atoms with Crippen LogP contribution in [-0.4, -0.2) is 43.2 Å². The maximum absolute atomic E-state index is 11.8. The minimum Gasteiger partial charge on any atom is -0.462 e. The van der Waals surface area contributed by atoms with Gasteiger partial charge < -0.3 is 15.8 Å². The van der Waals surface area contributed by atoms with Crippen molar-refractivity contribution in [2.75, 3.05) is 31.2 Å². The summed E-state index contributed by atoms with van der Waals surface area (Å²) >= 11 is 0. The van der Waals surface area contributed by atoms with E-state index < -0.39 is 0 Å². The Labute approximate surface area is 126 Å². The van der Waals surface area contributed by atoms with Crippen LogP contribution in [0.2, 0.25) is 0 Å². The molecular formula is C16H25N3O2. The first-order chi connectivity index (χ1) is 10.0. The summed E-state index contributed by atoms with van der Waals surface area (Å²) in [5.74, 6) is -0.373. The van der Waals surface area contributed by atoms with E-state index in [0.717, 1.165) is 18.3 Å². The number of nitrogen functional groups attached to an aromatic ring is 1. The number of likely N-dealkylation sites (N-methyl/N-ethyl adjacent to an activating group) is 1. The normalized spacial score (nSPS) is 15.8. The molecule has 0 aromatic heterocycles. The number of carbonyl (C=O) groups excluding carboxylic acids is 1. The molecule has 2 rings (SSSR count). The number of rotatable bonds is 7. The van der Waals surface area contributed by atoms with Gasteiger partial charge in [0.15, 0.2) is 0 Å². The van der Waals surface area contributed by atoms with E-state index in [4.69, 9.17) is 10.5 Å². The van der Waals surface area contributed by atoms with E-state index in [1.54, 1.807) is 13.0 Å². The Hall–Kier alpha value is -1.75. The van der Waals surface area contributed by atoms with Crippen LogP contribution in [0.1, 0.15) is 37.0 Å². The number of nitrogens with zero attached hydrogens (tertiary/aromatic N) is 1. The lowest BCUT2D eigenvalue weighted by Gasteiger charge is -2.25. The monoisotopic (exact) mass is 291 g/mol. The van der Waals surface area contributed by atoms with Crippen LogP contribution >= 0.6 is 0 Å². The summed E-state index contributed by atoms with van der Waals surface area (Å²) in [7, 11) is 2.16. The molecule has 0 spiro atoms. The van der Waals surface area contributed by atoms with Gasteiger partial charge in [-0.25, -0.2) is 4.79 Å². The van der Waals surface area contributed by atoms with Crippen LogP contribution in [0.5, 0.6) is 0 Å². The fraction of sp³-hybridized carbons (Fsp3) is 0.562. The quantitative estimate of drug-likeness (QED) is 0.596. The smallest absolute Gasteiger partial charge is 0.340 e. The van der Waals surface area contributed by atoms with E-state index in [1.165, 1.54) is 12.8 Å². The first-order valence-electron chi connectivity index (χ1n) is 7.56. The van der Waals surface area contributed by atoms with E-state index in [0.29, 0.717) is 23.9 Å². The van der Waals surface area contributed by atoms with Gasteiger partial charge in [-0.1, -0.05) is 6.07 Å². The summed E-state index contributed by atoms with van der Waals surface area (Å²) in [5.41, 5.74) is 7.74. The predicted octanol–water partition coefficient (Wildman–Crippen LogP) is 2.34. The summed E-state index contributed by atoms with van der Waals surface area (Å²) in [6, 6.07) is 6.55. The number of hydrogen-bond donors (Lipinski definition) is 2. The highest BCUT2D eigenvalue weighted by atomic mass is 16.5. The summed E-state index contributed by atoms with van der Waals surface area (Å²) in [5, 5.41) is 3.34. The lowest BCUT2D eigenvalue weighted by molar-refractivity contribution is 0.0527. The number of para-hydroxylation sites is 1. The minimum atomic E-state index is -0.373. The van der Waals surface area contributed by atoms with Crippen LogP contribution in [0.15, 0.2) is 18.2 Å². The van der Waals surface area contributed by atoms with Crippen LogP contribution in [0.4, 0.5) is 11.4 Å². The number of esters is 1. The minimum absolute atomic E-state index is 0.346. The molecule has 1 fully saturated rings. The van der Waals surface area contributed by atoms with E-state index in [9.17, 15) is 4.79 Å². The van der Waals surface area contributed by atoms with E-state index in [1.807, 2.05) is 12.1 Å². The van der Waals surface area contributed by atoms with Crippen LogP contribution in [-0.2, 0) is 4.74 Å². The summed E-state index contributed by atoms with van der Waals surface area (Å²) in [6.07, 6.45) is 2.59. The predicted molar refractivity (Wildman–Crippen MR) is 85.5 cm³/mol. The number of ether oxygens (including phenoxy) is 1. The van der Waals surface area contributed by atoms with Gasteiger partial charge in [0.05, 0.1) is 23.5 Å². The molecule has 0 bridgehead atoms. The largest absolute Gasteiger partial charge is 0.462 e. The van der Waals surface area contributed by atoms with E-state index in [2.05, 4.69) is 24.2 Å². The van der Waals surface area contributed by atoms with Gasteiger partial charge in [-0.15, -0.1) is 0 Å². The molecule has 5 heteroatoms. The van der Waals surface area contributed by atoms with Gasteiger partial charge in [0.25, 0.3) is 0 Å². The maximum atomic E-state index is 11.8. The van der Waals surface area contributed by atoms with Gasteiger partial charge >= 0.3 is 5.97 Å². The van der Waals surface area contributed by atoms with Gasteiger partial charge in [-0.05, 0) is 45.9 Å². The Bertz CT molecular complexity index is 500. The Morgan fingerprint density at radius 1 is 1.52 bits per heavy atom. The Kier molecular flexibility index (Phi) is 5.07. The van der Waals surface area contributed by atoms with Crippen molar-refractivity contribution in [1.82, 2.24) is 4.90 Å². The fourth-order valence-corrected chi connectivity index (χ4v) is 2.35. The highest BCUT2D eigenvalue weighted by Crippen LogP contribution is 2.28. The number of nitrogens with two attached hydrogens (primary N) is 1. The molecular weight excluding hydrogens is 266 g/mol. The second-order valence-electron chi connectivity index (χ2n) is 5.61. The average Bonchev–Trinajstić information content (AvgIpc) is 3.29. The average molecular weight is 291 g/mol. The molecule has 1 aromatic carbocycles. The third kappa shape index (κ3) is 3.88. The summed E-state index contributed by atoms with van der Waals surface area (Å²) in [6.45, 7) is 5.12. The molecule has 116 valence electrons. The van der Waals surface area contributed by atoms with Crippen molar-refractivity contribution in [2.24, 2.45) is 0 Å². The van der Waals surface area contributed by atoms with Crippen molar-refractivity contribution in [1.29, 1.82) is 0 Å². The molecule has 3 N–H and O–H groups in total. The van der Waals surface area contributed by atoms with Crippen LogP contribution in [0.3, 0.4) is 0 Å². The molecule has 1 aliphatic rings. The molecule has 0 amide bonds. The lowest BCUT2D eigenvalue weighted by atomic mass is 10.1. The van der Waals surface area contributed by atoms with Gasteiger partial charge in [0, 0.05) is 18.6 Å². The Balaban J connectivity index is 1.99. The summed E-state index contributed by atoms with van der Waals surface area (Å²) < 4.78 is 5.01. The van der Waals surface area contributed by atoms with Crippen LogP contribution in [0, 0.1) is 0 Å². The molecule has 0 saturated heterocycles. The van der Waals surface area contributed by atoms with Gasteiger partial charge in [-0.2, -0.15) is 0 Å². The first kappa shape index (κ1) is 15.6. The standard InChI is InChI=1S/C16H25N3O2/c1-4-21-16(20)13-6-5-7-14(15(13)17)18-10-11(2)19(3)12-8-9-12/h5-7,11-12,18H,4,8-10,17H2,1-3H3. The third-order valence-corrected chi connectivity index (χ3v) is 4.01. The number of carbonyl (C=O) groups is 1. The highest BCUT2D eigenvalue weighted by molar-refractivity contribution is 5.98. The van der Waals surface area contributed by atoms with Crippen molar-refractivity contribution in [3.05, 3.63) is 23.8 Å². The van der Waals surface area contributed by atoms with Gasteiger partial charge in [0.1, 0.15) is 0 Å². The van der Waals surface area contributed by atoms with Crippen molar-refractivity contribution in [3.63, 3.8) is 0 Å². The van der Waals surface area contributed by atoms with E-state index in [-0.39, 0.29) is 5.97 Å². The highest BCUT2D eigenvalue weighted by Gasteiger charge is 2.29. The molecule has 0 heterocycles. The van der Waals surface area contributed by atoms with Crippen molar-refractivity contribution < 1.29 is 9.53 Å². The molecule has 5 nitrogen and oxygen atoms in total. The first-order valence-corrected chi connectivity index (χ1v) is 7.56. The Morgan fingerprint density at radius 3 is 2.86 bits per heavy atom. The number of anilines is 2. The number of nitrogens with one attached hydrogen (secondary N) is 1. The second-order valence-corrected chi connectivity index (χ2v) is 5.61. The molecule has 1 atom stereocenters. The zero-order chi connectivity index (χ0) is 15.4. The van der Waals surface area contributed by atoms with Crippen molar-refractivity contribution in [3.8, 4) is 0 Å². The zero-order valence-corrected chi connectivity index (χ0v) is 13.1. The molecule has 1 aromatic rings. The summed E-state index contributed by atoms with van der Waals surface area (Å²) in [4.78, 5) is 14.2. The van der Waals surface area contributed by atoms with Crippen molar-refractivity contribution >= 4 is 17.3 Å². The van der Waals surface area contributed by atoms with Crippen molar-refractivity contribution in [2.45, 2.75) is 38.8 Å². The fourth-order valence-electron chi connectivity index (χ4n) is 2.35. The van der Waals surface area contributed by atoms with Gasteiger partial charge in [-0.3, -0.25) is 4.90 Å². The molecule has 1 saturated carbocycles. The molecule has 21 heavy (non-hydrogen) atoms. The molecule has 1 unspecified atom stereocenters. The number of benzene rings is 1. The third-order valence-electron chi connectivity index (χ3n) is 4.01. The number of hydrogen-bond acceptors (Lipinski definition) is 5. The molecule has 1 aliphatic carbocycles. The zero-order valence-electron chi connectivity index (χ0n) is 13.1. The van der Waals surface area contributed by atoms with Crippen LogP contribution in [0.25, 0.3) is 0 Å². The molecule has 0 aliphatic heterocycles. The second kappa shape index (κ2) is 6.80. The van der Waals surface area contributed by atoms with Crippen LogP contribution < -0.4 is 11.1 Å². The topological polar surface area (TPSA) is 67.6 Å².